The first-order chi connectivity index (χ1) is 10.0. The number of hydrogen-bond acceptors (Lipinski definition) is 5. The lowest BCUT2D eigenvalue weighted by Gasteiger charge is -2.38. The van der Waals surface area contributed by atoms with E-state index < -0.39 is 0 Å². The van der Waals surface area contributed by atoms with E-state index in [2.05, 4.69) is 5.10 Å². The zero-order valence-electron chi connectivity index (χ0n) is 13.1. The molecule has 0 aliphatic heterocycles. The predicted octanol–water partition coefficient (Wildman–Crippen LogP) is 1.84. The Morgan fingerprint density at radius 2 is 2.14 bits per heavy atom. The lowest BCUT2D eigenvalue weighted by molar-refractivity contribution is -0.384. The summed E-state index contributed by atoms with van der Waals surface area (Å²) in [5, 5.41) is 15.8. The highest BCUT2D eigenvalue weighted by molar-refractivity contribution is 5.61. The largest absolute Gasteiger partial charge is 0.351 e. The van der Waals surface area contributed by atoms with E-state index in [9.17, 15) is 10.1 Å². The third-order valence-corrected chi connectivity index (χ3v) is 4.58. The molecule has 1 saturated carbocycles. The molecular weight excluding hydrogens is 270 g/mol. The van der Waals surface area contributed by atoms with Crippen molar-refractivity contribution in [3.05, 3.63) is 15.8 Å². The monoisotopic (exact) mass is 295 g/mol. The van der Waals surface area contributed by atoms with Crippen LogP contribution in [0.5, 0.6) is 0 Å². The summed E-state index contributed by atoms with van der Waals surface area (Å²) in [6.07, 6.45) is 5.03. The molecule has 1 heterocycles. The summed E-state index contributed by atoms with van der Waals surface area (Å²) in [5.41, 5.74) is 6.58. The standard InChI is InChI=1S/C14H25N5O2/c1-4-11-13(19(20)21)14(18(3)16-11)17(2)12-8-6-5-7-10(12)9-15/h10,12H,4-9,15H2,1-3H3. The Labute approximate surface area is 125 Å². The fourth-order valence-corrected chi connectivity index (χ4v) is 3.51. The molecule has 1 fully saturated rings. The highest BCUT2D eigenvalue weighted by Crippen LogP contribution is 2.36. The Bertz CT molecular complexity index is 514. The molecule has 118 valence electrons. The fourth-order valence-electron chi connectivity index (χ4n) is 3.51. The van der Waals surface area contributed by atoms with Gasteiger partial charge in [0, 0.05) is 20.1 Å². The number of hydrogen-bond donors (Lipinski definition) is 1. The van der Waals surface area contributed by atoms with Crippen LogP contribution >= 0.6 is 0 Å². The molecule has 2 unspecified atom stereocenters. The SMILES string of the molecule is CCc1nn(C)c(N(C)C2CCCCC2CN)c1[N+](=O)[O-]. The summed E-state index contributed by atoms with van der Waals surface area (Å²) in [4.78, 5) is 13.2. The van der Waals surface area contributed by atoms with E-state index >= 15 is 0 Å². The van der Waals surface area contributed by atoms with Gasteiger partial charge in [0.2, 0.25) is 5.82 Å². The molecule has 2 atom stereocenters. The van der Waals surface area contributed by atoms with Gasteiger partial charge in [-0.1, -0.05) is 19.8 Å². The van der Waals surface area contributed by atoms with Gasteiger partial charge in [-0.15, -0.1) is 0 Å². The number of aryl methyl sites for hydroxylation is 2. The van der Waals surface area contributed by atoms with Crippen molar-refractivity contribution in [2.75, 3.05) is 18.5 Å². The van der Waals surface area contributed by atoms with Crippen molar-refractivity contribution in [1.29, 1.82) is 0 Å². The van der Waals surface area contributed by atoms with E-state index in [1.165, 1.54) is 6.42 Å². The summed E-state index contributed by atoms with van der Waals surface area (Å²) in [5.74, 6) is 0.991. The van der Waals surface area contributed by atoms with Crippen molar-refractivity contribution in [2.45, 2.75) is 45.1 Å². The predicted molar refractivity (Wildman–Crippen MR) is 82.4 cm³/mol. The van der Waals surface area contributed by atoms with Crippen molar-refractivity contribution in [3.63, 3.8) is 0 Å². The second kappa shape index (κ2) is 6.43. The Hall–Kier alpha value is -1.63. The molecule has 2 N–H and O–H groups in total. The number of rotatable bonds is 5. The van der Waals surface area contributed by atoms with E-state index in [0.29, 0.717) is 30.4 Å². The highest BCUT2D eigenvalue weighted by Gasteiger charge is 2.34. The maximum atomic E-state index is 11.5. The highest BCUT2D eigenvalue weighted by atomic mass is 16.6. The molecular formula is C14H25N5O2. The molecule has 21 heavy (non-hydrogen) atoms. The summed E-state index contributed by atoms with van der Waals surface area (Å²) in [6.45, 7) is 2.52. The average molecular weight is 295 g/mol. The van der Waals surface area contributed by atoms with E-state index in [1.807, 2.05) is 18.9 Å². The van der Waals surface area contributed by atoms with Crippen LogP contribution in [0.1, 0.15) is 38.3 Å². The van der Waals surface area contributed by atoms with Gasteiger partial charge in [-0.3, -0.25) is 10.1 Å². The van der Waals surface area contributed by atoms with Crippen LogP contribution in [0, 0.1) is 16.0 Å². The zero-order valence-corrected chi connectivity index (χ0v) is 13.1. The molecule has 7 heteroatoms. The third-order valence-electron chi connectivity index (χ3n) is 4.58. The quantitative estimate of drug-likeness (QED) is 0.661. The molecule has 1 aromatic heterocycles. The van der Waals surface area contributed by atoms with Gasteiger partial charge in [-0.2, -0.15) is 5.10 Å². The molecule has 0 spiro atoms. The maximum absolute atomic E-state index is 11.5. The summed E-state index contributed by atoms with van der Waals surface area (Å²) in [6, 6.07) is 0.252. The van der Waals surface area contributed by atoms with Crippen molar-refractivity contribution < 1.29 is 4.92 Å². The number of nitrogens with two attached hydrogens (primary N) is 1. The van der Waals surface area contributed by atoms with E-state index in [0.717, 1.165) is 19.3 Å². The molecule has 1 aromatic rings. The van der Waals surface area contributed by atoms with E-state index in [-0.39, 0.29) is 16.7 Å². The summed E-state index contributed by atoms with van der Waals surface area (Å²) in [7, 11) is 3.71. The Kier molecular flexibility index (Phi) is 4.82. The first kappa shape index (κ1) is 15.8. The van der Waals surface area contributed by atoms with Crippen LogP contribution in [0.2, 0.25) is 0 Å². The van der Waals surface area contributed by atoms with Crippen LogP contribution in [0.3, 0.4) is 0 Å². The second-order valence-electron chi connectivity index (χ2n) is 5.81. The molecule has 0 aromatic carbocycles. The molecule has 0 radical (unpaired) electrons. The zero-order chi connectivity index (χ0) is 15.6. The van der Waals surface area contributed by atoms with Crippen LogP contribution in [0.25, 0.3) is 0 Å². The van der Waals surface area contributed by atoms with Gasteiger partial charge in [0.05, 0.1) is 4.92 Å². The van der Waals surface area contributed by atoms with Crippen LogP contribution in [0.4, 0.5) is 11.5 Å². The number of aromatic nitrogens is 2. The lowest BCUT2D eigenvalue weighted by Crippen LogP contribution is -2.44. The Morgan fingerprint density at radius 1 is 1.48 bits per heavy atom. The second-order valence-corrected chi connectivity index (χ2v) is 5.81. The van der Waals surface area contributed by atoms with Gasteiger partial charge < -0.3 is 10.6 Å². The van der Waals surface area contributed by atoms with Crippen LogP contribution < -0.4 is 10.6 Å². The number of nitrogens with zero attached hydrogens (tertiary/aromatic N) is 4. The minimum atomic E-state index is -0.308. The lowest BCUT2D eigenvalue weighted by atomic mass is 9.83. The molecule has 1 aliphatic carbocycles. The van der Waals surface area contributed by atoms with Crippen molar-refractivity contribution in [3.8, 4) is 0 Å². The van der Waals surface area contributed by atoms with Crippen LogP contribution in [-0.4, -0.2) is 34.3 Å². The third kappa shape index (κ3) is 2.88. The molecule has 7 nitrogen and oxygen atoms in total. The molecule has 2 rings (SSSR count). The summed E-state index contributed by atoms with van der Waals surface area (Å²) < 4.78 is 1.64. The minimum absolute atomic E-state index is 0.142. The van der Waals surface area contributed by atoms with Crippen LogP contribution in [0.15, 0.2) is 0 Å². The van der Waals surface area contributed by atoms with Gasteiger partial charge in [0.1, 0.15) is 5.69 Å². The smallest absolute Gasteiger partial charge is 0.334 e. The average Bonchev–Trinajstić information content (AvgIpc) is 2.83. The van der Waals surface area contributed by atoms with Crippen molar-refractivity contribution in [1.82, 2.24) is 9.78 Å². The van der Waals surface area contributed by atoms with Gasteiger partial charge in [-0.25, -0.2) is 4.68 Å². The molecule has 0 amide bonds. The minimum Gasteiger partial charge on any atom is -0.351 e. The maximum Gasteiger partial charge on any atom is 0.334 e. The van der Waals surface area contributed by atoms with Crippen LogP contribution in [-0.2, 0) is 13.5 Å². The Morgan fingerprint density at radius 3 is 2.71 bits per heavy atom. The van der Waals surface area contributed by atoms with E-state index in [4.69, 9.17) is 5.73 Å². The van der Waals surface area contributed by atoms with Gasteiger partial charge in [0.25, 0.3) is 0 Å². The van der Waals surface area contributed by atoms with Gasteiger partial charge in [0.15, 0.2) is 0 Å². The van der Waals surface area contributed by atoms with Crippen molar-refractivity contribution >= 4 is 11.5 Å². The summed E-state index contributed by atoms with van der Waals surface area (Å²) >= 11 is 0. The molecule has 0 saturated heterocycles. The van der Waals surface area contributed by atoms with Gasteiger partial charge in [-0.05, 0) is 31.7 Å². The Balaban J connectivity index is 2.40. The van der Waals surface area contributed by atoms with Crippen molar-refractivity contribution in [2.24, 2.45) is 18.7 Å². The normalized spacial score (nSPS) is 22.3. The first-order valence-corrected chi connectivity index (χ1v) is 7.64. The molecule has 1 aliphatic rings. The molecule has 0 bridgehead atoms. The number of anilines is 1. The fraction of sp³-hybridized carbons (Fsp3) is 0.786. The van der Waals surface area contributed by atoms with E-state index in [1.54, 1.807) is 11.7 Å². The topological polar surface area (TPSA) is 90.2 Å². The first-order valence-electron chi connectivity index (χ1n) is 7.64. The number of nitro groups is 1. The van der Waals surface area contributed by atoms with Gasteiger partial charge >= 0.3 is 5.69 Å².